The fourth-order valence-electron chi connectivity index (χ4n) is 2.77. The predicted molar refractivity (Wildman–Crippen MR) is 116 cm³/mol. The van der Waals surface area contributed by atoms with Crippen LogP contribution >= 0.6 is 11.6 Å². The molecule has 0 atom stereocenters. The van der Waals surface area contributed by atoms with E-state index in [0.717, 1.165) is 22.0 Å². The van der Waals surface area contributed by atoms with Crippen molar-refractivity contribution in [1.82, 2.24) is 14.3 Å². The van der Waals surface area contributed by atoms with Crippen LogP contribution < -0.4 is 5.32 Å². The zero-order valence-electron chi connectivity index (χ0n) is 16.5. The van der Waals surface area contributed by atoms with Crippen LogP contribution in [0.3, 0.4) is 0 Å². The first-order valence-corrected chi connectivity index (χ1v) is 11.0. The van der Waals surface area contributed by atoms with Gasteiger partial charge in [0.05, 0.1) is 17.0 Å². The number of aromatic nitrogens is 2. The first-order valence-electron chi connectivity index (χ1n) is 9.23. The number of hydrogen-bond donors (Lipinski definition) is 1. The Morgan fingerprint density at radius 2 is 1.70 bits per heavy atom. The molecule has 0 fully saturated rings. The van der Waals surface area contributed by atoms with E-state index >= 15 is 0 Å². The van der Waals surface area contributed by atoms with E-state index in [9.17, 15) is 13.2 Å². The number of carbonyl (C=O) groups is 1. The molecule has 0 aliphatic rings. The number of hydrogen-bond acceptors (Lipinski definition) is 5. The molecule has 0 saturated heterocycles. The van der Waals surface area contributed by atoms with Gasteiger partial charge in [-0.3, -0.25) is 4.79 Å². The molecule has 156 valence electrons. The van der Waals surface area contributed by atoms with Gasteiger partial charge in [-0.25, -0.2) is 18.4 Å². The summed E-state index contributed by atoms with van der Waals surface area (Å²) in [4.78, 5) is 20.9. The Bertz CT molecular complexity index is 1130. The summed E-state index contributed by atoms with van der Waals surface area (Å²) in [6.45, 7) is 1.98. The van der Waals surface area contributed by atoms with Gasteiger partial charge >= 0.3 is 0 Å². The van der Waals surface area contributed by atoms with Gasteiger partial charge in [-0.15, -0.1) is 0 Å². The Balaban J connectivity index is 1.69. The first kappa shape index (κ1) is 21.9. The summed E-state index contributed by atoms with van der Waals surface area (Å²) in [5, 5.41) is 3.31. The monoisotopic (exact) mass is 444 g/mol. The minimum atomic E-state index is -3.71. The Morgan fingerprint density at radius 1 is 1.07 bits per heavy atom. The zero-order valence-corrected chi connectivity index (χ0v) is 18.1. The molecule has 2 aromatic carbocycles. The molecule has 7 nitrogen and oxygen atoms in total. The third-order valence-electron chi connectivity index (χ3n) is 4.50. The second-order valence-corrected chi connectivity index (χ2v) is 9.05. The van der Waals surface area contributed by atoms with Crippen LogP contribution in [0.15, 0.2) is 65.8 Å². The highest BCUT2D eigenvalue weighted by atomic mass is 35.5. The molecule has 0 radical (unpaired) electrons. The van der Waals surface area contributed by atoms with E-state index in [4.69, 9.17) is 11.6 Å². The molecule has 1 aromatic heterocycles. The molecule has 30 heavy (non-hydrogen) atoms. The molecule has 0 saturated carbocycles. The summed E-state index contributed by atoms with van der Waals surface area (Å²) in [5.74, 6) is -0.0508. The lowest BCUT2D eigenvalue weighted by molar-refractivity contribution is 0.102. The minimum absolute atomic E-state index is 0.0362. The molecule has 0 bridgehead atoms. The quantitative estimate of drug-likeness (QED) is 0.598. The van der Waals surface area contributed by atoms with E-state index in [1.807, 2.05) is 31.2 Å². The normalized spacial score (nSPS) is 11.5. The highest BCUT2D eigenvalue weighted by Crippen LogP contribution is 2.19. The van der Waals surface area contributed by atoms with Crippen molar-refractivity contribution in [3.8, 4) is 0 Å². The summed E-state index contributed by atoms with van der Waals surface area (Å²) in [5.41, 5.74) is 2.05. The molecule has 1 heterocycles. The molecular formula is C21H21ClN4O3S. The van der Waals surface area contributed by atoms with Crippen LogP contribution in [0.4, 0.5) is 5.69 Å². The van der Waals surface area contributed by atoms with Gasteiger partial charge in [0, 0.05) is 30.2 Å². The maximum Gasteiger partial charge on any atom is 0.258 e. The van der Waals surface area contributed by atoms with Crippen molar-refractivity contribution in [3.05, 3.63) is 82.9 Å². The maximum atomic E-state index is 12.6. The summed E-state index contributed by atoms with van der Waals surface area (Å²) in [7, 11) is -2.27. The van der Waals surface area contributed by atoms with Gasteiger partial charge in [-0.2, -0.15) is 4.31 Å². The second kappa shape index (κ2) is 9.34. The van der Waals surface area contributed by atoms with Crippen LogP contribution in [-0.2, 0) is 23.0 Å². The van der Waals surface area contributed by atoms with Gasteiger partial charge in [0.2, 0.25) is 10.0 Å². The fraction of sp³-hybridized carbons (Fsp3) is 0.190. The number of rotatable bonds is 7. The van der Waals surface area contributed by atoms with Crippen molar-refractivity contribution in [2.45, 2.75) is 24.8 Å². The third kappa shape index (κ3) is 5.02. The number of aryl methyl sites for hydroxylation is 1. The van der Waals surface area contributed by atoms with Crippen LogP contribution in [0.5, 0.6) is 0 Å². The van der Waals surface area contributed by atoms with Gasteiger partial charge in [0.25, 0.3) is 5.91 Å². The average Bonchev–Trinajstić information content (AvgIpc) is 2.75. The second-order valence-electron chi connectivity index (χ2n) is 6.57. The number of carbonyl (C=O) groups excluding carboxylic acids is 1. The standard InChI is InChI=1S/C21H21ClN4O3S/c1-3-15-6-4-5-7-19(15)25-21(27)16-12-23-20(24-13-16)14-26(2)30(28,29)18-10-8-17(22)9-11-18/h4-13H,3,14H2,1-2H3,(H,25,27). The molecule has 3 aromatic rings. The largest absolute Gasteiger partial charge is 0.322 e. The van der Waals surface area contributed by atoms with Crippen LogP contribution in [0.1, 0.15) is 28.7 Å². The van der Waals surface area contributed by atoms with Crippen LogP contribution in [0.2, 0.25) is 5.02 Å². The lowest BCUT2D eigenvalue weighted by Crippen LogP contribution is -2.27. The number of sulfonamides is 1. The molecular weight excluding hydrogens is 424 g/mol. The number of benzene rings is 2. The summed E-state index contributed by atoms with van der Waals surface area (Å²) in [6.07, 6.45) is 3.56. The van der Waals surface area contributed by atoms with E-state index in [2.05, 4.69) is 15.3 Å². The van der Waals surface area contributed by atoms with Crippen molar-refractivity contribution in [3.63, 3.8) is 0 Å². The summed E-state index contributed by atoms with van der Waals surface area (Å²) in [6, 6.07) is 13.5. The highest BCUT2D eigenvalue weighted by Gasteiger charge is 2.22. The van der Waals surface area contributed by atoms with Gasteiger partial charge in [0.15, 0.2) is 0 Å². The van der Waals surface area contributed by atoms with Gasteiger partial charge in [-0.05, 0) is 42.3 Å². The lowest BCUT2D eigenvalue weighted by Gasteiger charge is -2.16. The molecule has 0 unspecified atom stereocenters. The maximum absolute atomic E-state index is 12.6. The van der Waals surface area contributed by atoms with Gasteiger partial charge in [-0.1, -0.05) is 36.7 Å². The van der Waals surface area contributed by atoms with E-state index in [1.54, 1.807) is 0 Å². The molecule has 0 spiro atoms. The zero-order chi connectivity index (χ0) is 21.7. The lowest BCUT2D eigenvalue weighted by atomic mass is 10.1. The van der Waals surface area contributed by atoms with Crippen molar-refractivity contribution in [1.29, 1.82) is 0 Å². The van der Waals surface area contributed by atoms with Crippen molar-refractivity contribution < 1.29 is 13.2 Å². The van der Waals surface area contributed by atoms with Crippen LogP contribution in [0, 0.1) is 0 Å². The van der Waals surface area contributed by atoms with E-state index in [-0.39, 0.29) is 28.7 Å². The Labute approximate surface area is 180 Å². The highest BCUT2D eigenvalue weighted by molar-refractivity contribution is 7.89. The van der Waals surface area contributed by atoms with Crippen LogP contribution in [-0.4, -0.2) is 35.6 Å². The Hall–Kier alpha value is -2.81. The number of para-hydroxylation sites is 1. The predicted octanol–water partition coefficient (Wildman–Crippen LogP) is 3.77. The van der Waals surface area contributed by atoms with Crippen molar-refractivity contribution >= 4 is 33.2 Å². The van der Waals surface area contributed by atoms with Crippen LogP contribution in [0.25, 0.3) is 0 Å². The van der Waals surface area contributed by atoms with E-state index in [0.29, 0.717) is 5.02 Å². The smallest absolute Gasteiger partial charge is 0.258 e. The SMILES string of the molecule is CCc1ccccc1NC(=O)c1cnc(CN(C)S(=O)(=O)c2ccc(Cl)cc2)nc1. The number of nitrogens with zero attached hydrogens (tertiary/aromatic N) is 3. The van der Waals surface area contributed by atoms with Crippen molar-refractivity contribution in [2.24, 2.45) is 0 Å². The van der Waals surface area contributed by atoms with Crippen molar-refractivity contribution in [2.75, 3.05) is 12.4 Å². The fourth-order valence-corrected chi connectivity index (χ4v) is 4.02. The summed E-state index contributed by atoms with van der Waals surface area (Å²) >= 11 is 5.82. The Morgan fingerprint density at radius 3 is 2.33 bits per heavy atom. The first-order chi connectivity index (χ1) is 14.3. The molecule has 3 rings (SSSR count). The van der Waals surface area contributed by atoms with Gasteiger partial charge < -0.3 is 5.32 Å². The Kier molecular flexibility index (Phi) is 6.81. The number of amides is 1. The molecule has 0 aliphatic heterocycles. The van der Waals surface area contributed by atoms with E-state index in [1.165, 1.54) is 43.7 Å². The van der Waals surface area contributed by atoms with Gasteiger partial charge in [0.1, 0.15) is 5.82 Å². The number of halogens is 1. The molecule has 9 heteroatoms. The molecule has 1 amide bonds. The van der Waals surface area contributed by atoms with E-state index < -0.39 is 10.0 Å². The summed E-state index contributed by atoms with van der Waals surface area (Å²) < 4.78 is 26.4. The number of anilines is 1. The topological polar surface area (TPSA) is 92.3 Å². The molecule has 0 aliphatic carbocycles. The number of nitrogens with one attached hydrogen (secondary N) is 1. The third-order valence-corrected chi connectivity index (χ3v) is 6.57. The average molecular weight is 445 g/mol. The molecule has 1 N–H and O–H groups in total. The minimum Gasteiger partial charge on any atom is -0.322 e.